The Bertz CT molecular complexity index is 1030. The van der Waals surface area contributed by atoms with Gasteiger partial charge in [-0.3, -0.25) is 4.79 Å². The third-order valence-corrected chi connectivity index (χ3v) is 4.09. The van der Waals surface area contributed by atoms with E-state index in [1.54, 1.807) is 36.4 Å². The number of halogens is 2. The smallest absolute Gasteiger partial charge is 0.339 e. The number of ether oxygens (including phenoxy) is 1. The Kier molecular flexibility index (Phi) is 5.86. The minimum absolute atomic E-state index is 0.0836. The Morgan fingerprint density at radius 3 is 2.57 bits per heavy atom. The van der Waals surface area contributed by atoms with Gasteiger partial charge in [-0.05, 0) is 42.5 Å². The zero-order chi connectivity index (χ0) is 20.1. The summed E-state index contributed by atoms with van der Waals surface area (Å²) in [6.45, 7) is 0. The molecule has 1 aromatic heterocycles. The molecule has 0 radical (unpaired) electrons. The van der Waals surface area contributed by atoms with Crippen LogP contribution in [-0.4, -0.2) is 24.0 Å². The fourth-order valence-corrected chi connectivity index (χ4v) is 2.58. The second-order valence-corrected chi connectivity index (χ2v) is 6.08. The first-order valence-corrected chi connectivity index (χ1v) is 8.52. The van der Waals surface area contributed by atoms with E-state index in [0.717, 1.165) is 0 Å². The average Bonchev–Trinajstić information content (AvgIpc) is 2.71. The first kappa shape index (κ1) is 19.3. The first-order valence-electron chi connectivity index (χ1n) is 8.15. The molecule has 0 aliphatic rings. The molecule has 0 bridgehead atoms. The summed E-state index contributed by atoms with van der Waals surface area (Å²) in [5.74, 6) is -1.02. The lowest BCUT2D eigenvalue weighted by Crippen LogP contribution is -2.12. The van der Waals surface area contributed by atoms with Crippen molar-refractivity contribution in [3.63, 3.8) is 0 Å². The summed E-state index contributed by atoms with van der Waals surface area (Å²) in [6.07, 6.45) is 1.38. The van der Waals surface area contributed by atoms with Gasteiger partial charge in [-0.15, -0.1) is 0 Å². The second kappa shape index (κ2) is 8.49. The number of nitrogens with one attached hydrogen (secondary N) is 2. The van der Waals surface area contributed by atoms with E-state index in [1.807, 2.05) is 0 Å². The summed E-state index contributed by atoms with van der Waals surface area (Å²) < 4.78 is 17.9. The molecule has 6 nitrogen and oxygen atoms in total. The zero-order valence-corrected chi connectivity index (χ0v) is 15.5. The van der Waals surface area contributed by atoms with Gasteiger partial charge in [0.15, 0.2) is 0 Å². The predicted octanol–water partition coefficient (Wildman–Crippen LogP) is 4.66. The topological polar surface area (TPSA) is 80.3 Å². The molecule has 8 heteroatoms. The highest BCUT2D eigenvalue weighted by molar-refractivity contribution is 6.31. The van der Waals surface area contributed by atoms with E-state index in [1.165, 1.54) is 31.5 Å². The van der Waals surface area contributed by atoms with Crippen molar-refractivity contribution in [3.8, 4) is 0 Å². The van der Waals surface area contributed by atoms with E-state index >= 15 is 0 Å². The van der Waals surface area contributed by atoms with Crippen LogP contribution in [0.1, 0.15) is 20.7 Å². The van der Waals surface area contributed by atoms with Crippen LogP contribution < -0.4 is 10.6 Å². The van der Waals surface area contributed by atoms with Crippen molar-refractivity contribution < 1.29 is 18.7 Å². The normalized spacial score (nSPS) is 10.2. The van der Waals surface area contributed by atoms with Gasteiger partial charge in [-0.2, -0.15) is 0 Å². The third-order valence-electron chi connectivity index (χ3n) is 3.80. The van der Waals surface area contributed by atoms with Gasteiger partial charge in [0.05, 0.1) is 28.9 Å². The highest BCUT2D eigenvalue weighted by Gasteiger charge is 2.12. The van der Waals surface area contributed by atoms with E-state index < -0.39 is 17.7 Å². The average molecular weight is 400 g/mol. The third kappa shape index (κ3) is 4.44. The number of anilines is 3. The van der Waals surface area contributed by atoms with Crippen LogP contribution >= 0.6 is 11.6 Å². The molecular formula is C20H15ClFN3O3. The maximum Gasteiger partial charge on any atom is 0.339 e. The number of rotatable bonds is 5. The van der Waals surface area contributed by atoms with Crippen molar-refractivity contribution >= 4 is 40.7 Å². The number of pyridine rings is 1. The van der Waals surface area contributed by atoms with Crippen LogP contribution in [0.25, 0.3) is 0 Å². The summed E-state index contributed by atoms with van der Waals surface area (Å²) in [7, 11) is 1.30. The molecule has 142 valence electrons. The molecular weight excluding hydrogens is 385 g/mol. The van der Waals surface area contributed by atoms with Crippen molar-refractivity contribution in [3.05, 3.63) is 82.8 Å². The number of benzene rings is 2. The van der Waals surface area contributed by atoms with E-state index in [-0.39, 0.29) is 5.02 Å². The Hall–Kier alpha value is -3.45. The van der Waals surface area contributed by atoms with Gasteiger partial charge in [0, 0.05) is 11.9 Å². The number of carbonyl (C=O) groups excluding carboxylic acids is 2. The number of amides is 1. The maximum atomic E-state index is 13.2. The SMILES string of the molecule is COC(=O)c1ccccc1Nc1ccc(C(=O)Nc2ccc(F)c(Cl)c2)cn1. The van der Waals surface area contributed by atoms with Crippen molar-refractivity contribution in [1.29, 1.82) is 0 Å². The van der Waals surface area contributed by atoms with Crippen LogP contribution in [0.2, 0.25) is 5.02 Å². The number of para-hydroxylation sites is 1. The summed E-state index contributed by atoms with van der Waals surface area (Å²) in [6, 6.07) is 13.9. The van der Waals surface area contributed by atoms with E-state index in [9.17, 15) is 14.0 Å². The minimum Gasteiger partial charge on any atom is -0.465 e. The van der Waals surface area contributed by atoms with Crippen molar-refractivity contribution in [2.24, 2.45) is 0 Å². The monoisotopic (exact) mass is 399 g/mol. The lowest BCUT2D eigenvalue weighted by Gasteiger charge is -2.10. The fourth-order valence-electron chi connectivity index (χ4n) is 2.40. The number of nitrogens with zero attached hydrogens (tertiary/aromatic N) is 1. The standard InChI is InChI=1S/C20H15ClFN3O3/c1-28-20(27)14-4-2-3-5-17(14)25-18-9-6-12(11-23-18)19(26)24-13-7-8-16(22)15(21)10-13/h2-11H,1H3,(H,23,25)(H,24,26). The minimum atomic E-state index is -0.566. The van der Waals surface area contributed by atoms with Gasteiger partial charge in [-0.1, -0.05) is 23.7 Å². The number of hydrogen-bond acceptors (Lipinski definition) is 5. The number of aromatic nitrogens is 1. The number of esters is 1. The Labute approximate surface area is 165 Å². The molecule has 0 saturated carbocycles. The van der Waals surface area contributed by atoms with Crippen LogP contribution in [0, 0.1) is 5.82 Å². The van der Waals surface area contributed by atoms with Crippen LogP contribution in [-0.2, 0) is 4.74 Å². The fraction of sp³-hybridized carbons (Fsp3) is 0.0500. The Morgan fingerprint density at radius 2 is 1.89 bits per heavy atom. The molecule has 28 heavy (non-hydrogen) atoms. The molecule has 0 saturated heterocycles. The summed E-state index contributed by atoms with van der Waals surface area (Å²) in [4.78, 5) is 28.3. The molecule has 2 N–H and O–H groups in total. The van der Waals surface area contributed by atoms with Gasteiger partial charge in [0.2, 0.25) is 0 Å². The van der Waals surface area contributed by atoms with Crippen LogP contribution in [0.4, 0.5) is 21.6 Å². The van der Waals surface area contributed by atoms with Crippen molar-refractivity contribution in [1.82, 2.24) is 4.98 Å². The molecule has 3 aromatic rings. The predicted molar refractivity (Wildman–Crippen MR) is 105 cm³/mol. The van der Waals surface area contributed by atoms with Gasteiger partial charge in [0.25, 0.3) is 5.91 Å². The number of carbonyl (C=O) groups is 2. The molecule has 1 heterocycles. The quantitative estimate of drug-likeness (QED) is 0.610. The highest BCUT2D eigenvalue weighted by atomic mass is 35.5. The summed E-state index contributed by atoms with van der Waals surface area (Å²) in [5, 5.41) is 5.55. The molecule has 0 aliphatic carbocycles. The Morgan fingerprint density at radius 1 is 1.11 bits per heavy atom. The molecule has 0 fully saturated rings. The molecule has 3 rings (SSSR count). The lowest BCUT2D eigenvalue weighted by molar-refractivity contribution is 0.0601. The van der Waals surface area contributed by atoms with Crippen molar-refractivity contribution in [2.45, 2.75) is 0 Å². The van der Waals surface area contributed by atoms with Gasteiger partial charge in [-0.25, -0.2) is 14.2 Å². The highest BCUT2D eigenvalue weighted by Crippen LogP contribution is 2.22. The van der Waals surface area contributed by atoms with Crippen LogP contribution in [0.3, 0.4) is 0 Å². The van der Waals surface area contributed by atoms with Crippen molar-refractivity contribution in [2.75, 3.05) is 17.7 Å². The lowest BCUT2D eigenvalue weighted by atomic mass is 10.1. The van der Waals surface area contributed by atoms with E-state index in [4.69, 9.17) is 16.3 Å². The van der Waals surface area contributed by atoms with E-state index in [2.05, 4.69) is 15.6 Å². The summed E-state index contributed by atoms with van der Waals surface area (Å²) in [5.41, 5.74) is 1.56. The first-order chi connectivity index (χ1) is 13.5. The van der Waals surface area contributed by atoms with Crippen LogP contribution in [0.5, 0.6) is 0 Å². The molecule has 2 aromatic carbocycles. The second-order valence-electron chi connectivity index (χ2n) is 5.68. The summed E-state index contributed by atoms with van der Waals surface area (Å²) >= 11 is 5.71. The Balaban J connectivity index is 1.72. The molecule has 1 amide bonds. The van der Waals surface area contributed by atoms with E-state index in [0.29, 0.717) is 28.3 Å². The number of methoxy groups -OCH3 is 1. The molecule has 0 spiro atoms. The molecule has 0 unspecified atom stereocenters. The molecule has 0 aliphatic heterocycles. The number of hydrogen-bond donors (Lipinski definition) is 2. The maximum absolute atomic E-state index is 13.2. The molecule has 0 atom stereocenters. The van der Waals surface area contributed by atoms with Gasteiger partial charge >= 0.3 is 5.97 Å². The zero-order valence-electron chi connectivity index (χ0n) is 14.7. The van der Waals surface area contributed by atoms with Gasteiger partial charge in [0.1, 0.15) is 11.6 Å². The van der Waals surface area contributed by atoms with Crippen LogP contribution in [0.15, 0.2) is 60.8 Å². The largest absolute Gasteiger partial charge is 0.465 e. The van der Waals surface area contributed by atoms with Gasteiger partial charge < -0.3 is 15.4 Å².